The summed E-state index contributed by atoms with van der Waals surface area (Å²) in [5.41, 5.74) is 0. The van der Waals surface area contributed by atoms with E-state index in [0.29, 0.717) is 12.8 Å². The number of rotatable bonds is 30. The molecule has 50 heavy (non-hydrogen) atoms. The maximum Gasteiger partial charge on any atom is 0.249 e. The highest BCUT2D eigenvalue weighted by Gasteiger charge is 2.44. The Bertz CT molecular complexity index is 938. The van der Waals surface area contributed by atoms with E-state index in [-0.39, 0.29) is 13.0 Å². The van der Waals surface area contributed by atoms with E-state index in [1.165, 1.54) is 57.8 Å². The van der Waals surface area contributed by atoms with E-state index >= 15 is 0 Å². The van der Waals surface area contributed by atoms with Crippen LogP contribution in [-0.4, -0.2) is 98.7 Å². The molecule has 0 aromatic rings. The van der Waals surface area contributed by atoms with Crippen molar-refractivity contribution in [3.8, 4) is 0 Å². The standard InChI is InChI=1S/C40H71NO9/c1-3-5-7-9-11-13-15-17-19-21-23-25-27-29-34(44)39(48)41-32(31-49-40-38(47)37(46)36(45)35(30-42)50-40)33(43)28-26-24-22-20-18-16-14-12-10-8-6-4-2/h10,12,18-21,26,28,32-38,40,42-47H,3-9,11,13-17,22-25,27,29-31H2,1-2H3,(H,41,48)/b12-10+,20-18+,21-19-,28-26+. The van der Waals surface area contributed by atoms with Crippen LogP contribution in [0.4, 0.5) is 0 Å². The van der Waals surface area contributed by atoms with Crippen LogP contribution >= 0.6 is 0 Å². The molecule has 1 aliphatic rings. The number of hydrogen-bond acceptors (Lipinski definition) is 9. The van der Waals surface area contributed by atoms with Crippen molar-refractivity contribution in [1.29, 1.82) is 0 Å². The minimum Gasteiger partial charge on any atom is -0.394 e. The summed E-state index contributed by atoms with van der Waals surface area (Å²) >= 11 is 0. The summed E-state index contributed by atoms with van der Waals surface area (Å²) in [5.74, 6) is -0.652. The second kappa shape index (κ2) is 30.7. The molecule has 1 rings (SSSR count). The molecule has 8 atom stereocenters. The number of aliphatic hydroxyl groups is 6. The Morgan fingerprint density at radius 1 is 0.680 bits per heavy atom. The van der Waals surface area contributed by atoms with Crippen LogP contribution in [0.2, 0.25) is 0 Å². The third-order valence-electron chi connectivity index (χ3n) is 8.96. The Labute approximate surface area is 302 Å². The van der Waals surface area contributed by atoms with Crippen LogP contribution in [0.15, 0.2) is 48.6 Å². The van der Waals surface area contributed by atoms with Gasteiger partial charge < -0.3 is 45.4 Å². The van der Waals surface area contributed by atoms with Crippen LogP contribution in [0.1, 0.15) is 136 Å². The van der Waals surface area contributed by atoms with Gasteiger partial charge in [0.25, 0.3) is 0 Å². The van der Waals surface area contributed by atoms with Gasteiger partial charge in [-0.05, 0) is 64.2 Å². The van der Waals surface area contributed by atoms with Gasteiger partial charge >= 0.3 is 0 Å². The Morgan fingerprint density at radius 2 is 1.20 bits per heavy atom. The Kier molecular flexibility index (Phi) is 28.3. The number of nitrogens with one attached hydrogen (secondary N) is 1. The first-order chi connectivity index (χ1) is 24.3. The molecule has 1 saturated heterocycles. The van der Waals surface area contributed by atoms with Crippen molar-refractivity contribution in [2.45, 2.75) is 185 Å². The van der Waals surface area contributed by atoms with Gasteiger partial charge in [0.05, 0.1) is 25.4 Å². The zero-order valence-corrected chi connectivity index (χ0v) is 31.0. The first kappa shape index (κ1) is 46.1. The van der Waals surface area contributed by atoms with Crippen molar-refractivity contribution in [3.63, 3.8) is 0 Å². The van der Waals surface area contributed by atoms with E-state index in [1.54, 1.807) is 6.08 Å². The SMILES string of the molecule is CCCC/C=C/CC/C=C/CC/C=C/C(O)C(COC1OC(CO)C(O)C(O)C1O)NC(=O)C(O)CCCC/C=C\CCCCCCCCC. The van der Waals surface area contributed by atoms with Gasteiger partial charge in [-0.25, -0.2) is 0 Å². The van der Waals surface area contributed by atoms with E-state index in [9.17, 15) is 35.4 Å². The van der Waals surface area contributed by atoms with Gasteiger partial charge in [-0.15, -0.1) is 0 Å². The van der Waals surface area contributed by atoms with Gasteiger partial charge in [-0.3, -0.25) is 4.79 Å². The summed E-state index contributed by atoms with van der Waals surface area (Å²) in [6, 6.07) is -1.01. The minimum atomic E-state index is -1.62. The number of amides is 1. The molecule has 10 heteroatoms. The van der Waals surface area contributed by atoms with Crippen LogP contribution in [0.5, 0.6) is 0 Å². The third-order valence-corrected chi connectivity index (χ3v) is 8.96. The summed E-state index contributed by atoms with van der Waals surface area (Å²) in [6.07, 6.45) is 26.4. The summed E-state index contributed by atoms with van der Waals surface area (Å²) in [7, 11) is 0. The molecule has 0 saturated carbocycles. The molecule has 0 spiro atoms. The lowest BCUT2D eigenvalue weighted by Crippen LogP contribution is -2.60. The van der Waals surface area contributed by atoms with Crippen LogP contribution < -0.4 is 5.32 Å². The van der Waals surface area contributed by atoms with E-state index in [2.05, 4.69) is 55.6 Å². The quantitative estimate of drug-likeness (QED) is 0.0366. The molecule has 0 radical (unpaired) electrons. The molecule has 0 bridgehead atoms. The fourth-order valence-corrected chi connectivity index (χ4v) is 5.64. The molecule has 10 nitrogen and oxygen atoms in total. The maximum atomic E-state index is 12.9. The van der Waals surface area contributed by atoms with Gasteiger partial charge in [-0.2, -0.15) is 0 Å². The van der Waals surface area contributed by atoms with Crippen molar-refractivity contribution in [1.82, 2.24) is 5.32 Å². The average molecular weight is 710 g/mol. The van der Waals surface area contributed by atoms with Gasteiger partial charge in [0.15, 0.2) is 6.29 Å². The summed E-state index contributed by atoms with van der Waals surface area (Å²) in [5, 5.41) is 64.2. The van der Waals surface area contributed by atoms with Crippen LogP contribution in [0, 0.1) is 0 Å². The zero-order valence-electron chi connectivity index (χ0n) is 31.0. The van der Waals surface area contributed by atoms with Crippen molar-refractivity contribution >= 4 is 5.91 Å². The van der Waals surface area contributed by atoms with Gasteiger partial charge in [0, 0.05) is 0 Å². The highest BCUT2D eigenvalue weighted by atomic mass is 16.7. The summed E-state index contributed by atoms with van der Waals surface area (Å²) < 4.78 is 11.0. The van der Waals surface area contributed by atoms with Crippen molar-refractivity contribution in [2.24, 2.45) is 0 Å². The average Bonchev–Trinajstić information content (AvgIpc) is 3.11. The number of allylic oxidation sites excluding steroid dienone is 7. The second-order valence-electron chi connectivity index (χ2n) is 13.5. The molecule has 1 fully saturated rings. The predicted octanol–water partition coefficient (Wildman–Crippen LogP) is 5.69. The number of carbonyl (C=O) groups is 1. The predicted molar refractivity (Wildman–Crippen MR) is 199 cm³/mol. The monoisotopic (exact) mass is 710 g/mol. The fraction of sp³-hybridized carbons (Fsp3) is 0.775. The molecule has 1 aliphatic heterocycles. The molecule has 0 aromatic carbocycles. The minimum absolute atomic E-state index is 0.268. The summed E-state index contributed by atoms with van der Waals surface area (Å²) in [4.78, 5) is 12.9. The first-order valence-electron chi connectivity index (χ1n) is 19.5. The number of hydrogen-bond donors (Lipinski definition) is 7. The van der Waals surface area contributed by atoms with E-state index in [0.717, 1.165) is 44.9 Å². The molecular weight excluding hydrogens is 638 g/mol. The fourth-order valence-electron chi connectivity index (χ4n) is 5.64. The second-order valence-corrected chi connectivity index (χ2v) is 13.5. The third kappa shape index (κ3) is 21.5. The van der Waals surface area contributed by atoms with E-state index < -0.39 is 61.5 Å². The number of carbonyl (C=O) groups excluding carboxylic acids is 1. The van der Waals surface area contributed by atoms with Crippen molar-refractivity contribution < 1.29 is 44.9 Å². The molecule has 1 amide bonds. The Morgan fingerprint density at radius 3 is 1.80 bits per heavy atom. The molecule has 0 aromatic heterocycles. The molecule has 8 unspecified atom stereocenters. The van der Waals surface area contributed by atoms with Gasteiger partial charge in [-0.1, -0.05) is 120 Å². The highest BCUT2D eigenvalue weighted by Crippen LogP contribution is 2.22. The number of aliphatic hydroxyl groups excluding tert-OH is 6. The molecule has 7 N–H and O–H groups in total. The van der Waals surface area contributed by atoms with Crippen LogP contribution in [-0.2, 0) is 14.3 Å². The zero-order chi connectivity index (χ0) is 36.8. The van der Waals surface area contributed by atoms with Crippen molar-refractivity contribution in [2.75, 3.05) is 13.2 Å². The Balaban J connectivity index is 2.58. The van der Waals surface area contributed by atoms with Gasteiger partial charge in [0.2, 0.25) is 5.91 Å². The molecular formula is C40H71NO9. The molecule has 0 aliphatic carbocycles. The Hall–Kier alpha value is -1.89. The topological polar surface area (TPSA) is 169 Å². The van der Waals surface area contributed by atoms with E-state index in [4.69, 9.17) is 9.47 Å². The number of unbranched alkanes of at least 4 members (excludes halogenated alkanes) is 13. The van der Waals surface area contributed by atoms with Crippen molar-refractivity contribution in [3.05, 3.63) is 48.6 Å². The lowest BCUT2D eigenvalue weighted by Gasteiger charge is -2.40. The highest BCUT2D eigenvalue weighted by molar-refractivity contribution is 5.80. The molecule has 290 valence electrons. The number of ether oxygens (including phenoxy) is 2. The largest absolute Gasteiger partial charge is 0.394 e. The molecule has 1 heterocycles. The van der Waals surface area contributed by atoms with E-state index in [1.807, 2.05) is 6.08 Å². The maximum absolute atomic E-state index is 12.9. The van der Waals surface area contributed by atoms with Crippen LogP contribution in [0.3, 0.4) is 0 Å². The summed E-state index contributed by atoms with van der Waals surface area (Å²) in [6.45, 7) is 3.47. The van der Waals surface area contributed by atoms with Gasteiger partial charge in [0.1, 0.15) is 30.5 Å². The van der Waals surface area contributed by atoms with Crippen LogP contribution in [0.25, 0.3) is 0 Å². The lowest BCUT2D eigenvalue weighted by atomic mass is 9.99. The normalized spacial score (nSPS) is 23.4. The lowest BCUT2D eigenvalue weighted by molar-refractivity contribution is -0.302. The first-order valence-corrected chi connectivity index (χ1v) is 19.5. The smallest absolute Gasteiger partial charge is 0.249 e.